The third-order valence-electron chi connectivity index (χ3n) is 3.35. The fourth-order valence-corrected chi connectivity index (χ4v) is 2.40. The Balaban J connectivity index is 2.29. The normalized spacial score (nSPS) is 18.4. The molecule has 4 nitrogen and oxygen atoms in total. The van der Waals surface area contributed by atoms with Crippen molar-refractivity contribution in [1.29, 1.82) is 5.26 Å². The number of ether oxygens (including phenoxy) is 2. The van der Waals surface area contributed by atoms with Gasteiger partial charge in [-0.2, -0.15) is 5.26 Å². The molecular weight excluding hydrogens is 228 g/mol. The summed E-state index contributed by atoms with van der Waals surface area (Å²) in [5.74, 6) is 1.38. The zero-order valence-electron chi connectivity index (χ0n) is 10.8. The highest BCUT2D eigenvalue weighted by molar-refractivity contribution is 5.52. The molecule has 2 rings (SSSR count). The Morgan fingerprint density at radius 2 is 2.11 bits per heavy atom. The van der Waals surface area contributed by atoms with Gasteiger partial charge in [-0.25, -0.2) is 0 Å². The van der Waals surface area contributed by atoms with Crippen molar-refractivity contribution < 1.29 is 9.47 Å². The van der Waals surface area contributed by atoms with Gasteiger partial charge in [0.1, 0.15) is 17.6 Å². The fraction of sp³-hybridized carbons (Fsp3) is 0.500. The lowest BCUT2D eigenvalue weighted by Crippen LogP contribution is -2.23. The molecule has 1 aliphatic rings. The largest absolute Gasteiger partial charge is 0.496 e. The molecule has 1 aliphatic heterocycles. The van der Waals surface area contributed by atoms with Gasteiger partial charge in [0.25, 0.3) is 0 Å². The summed E-state index contributed by atoms with van der Waals surface area (Å²) >= 11 is 0. The maximum Gasteiger partial charge on any atom is 0.137 e. The van der Waals surface area contributed by atoms with Crippen LogP contribution >= 0.6 is 0 Å². The Labute approximate surface area is 108 Å². The van der Waals surface area contributed by atoms with Gasteiger partial charge in [-0.15, -0.1) is 0 Å². The molecule has 0 aromatic heterocycles. The van der Waals surface area contributed by atoms with Gasteiger partial charge >= 0.3 is 0 Å². The van der Waals surface area contributed by atoms with Crippen LogP contribution in [0.1, 0.15) is 24.0 Å². The van der Waals surface area contributed by atoms with Crippen LogP contribution in [0.25, 0.3) is 0 Å². The van der Waals surface area contributed by atoms with E-state index in [0.717, 1.165) is 24.3 Å². The van der Waals surface area contributed by atoms with Gasteiger partial charge in [0.15, 0.2) is 0 Å². The minimum Gasteiger partial charge on any atom is -0.496 e. The Morgan fingerprint density at radius 1 is 1.33 bits per heavy atom. The number of hydrogen-bond acceptors (Lipinski definition) is 4. The second kappa shape index (κ2) is 5.74. The molecule has 1 heterocycles. The molecule has 1 saturated heterocycles. The zero-order valence-corrected chi connectivity index (χ0v) is 10.8. The van der Waals surface area contributed by atoms with Crippen molar-refractivity contribution in [3.63, 3.8) is 0 Å². The first-order chi connectivity index (χ1) is 8.78. The number of benzene rings is 1. The molecule has 1 fully saturated rings. The number of rotatable bonds is 4. The summed E-state index contributed by atoms with van der Waals surface area (Å²) in [5, 5.41) is 12.5. The molecule has 0 unspecified atom stereocenters. The summed E-state index contributed by atoms with van der Waals surface area (Å²) in [6.45, 7) is 1.08. The Morgan fingerprint density at radius 3 is 2.67 bits per heavy atom. The van der Waals surface area contributed by atoms with Crippen molar-refractivity contribution in [3.8, 4) is 17.6 Å². The molecule has 4 heteroatoms. The van der Waals surface area contributed by atoms with Gasteiger partial charge in [-0.05, 0) is 37.4 Å². The summed E-state index contributed by atoms with van der Waals surface area (Å²) in [4.78, 5) is 0. The Hall–Kier alpha value is -1.73. The third kappa shape index (κ3) is 2.57. The lowest BCUT2D eigenvalue weighted by atomic mass is 10.0. The van der Waals surface area contributed by atoms with E-state index >= 15 is 0 Å². The van der Waals surface area contributed by atoms with E-state index < -0.39 is 0 Å². The molecular formula is C14H18N2O2. The van der Waals surface area contributed by atoms with Crippen LogP contribution in [-0.2, 0) is 6.42 Å². The number of nitriles is 1. The van der Waals surface area contributed by atoms with Crippen molar-refractivity contribution in [2.75, 3.05) is 20.8 Å². The number of hydrogen-bond donors (Lipinski definition) is 1. The van der Waals surface area contributed by atoms with Crippen molar-refractivity contribution in [3.05, 3.63) is 23.3 Å². The van der Waals surface area contributed by atoms with Crippen LogP contribution in [0.5, 0.6) is 11.5 Å². The molecule has 0 bridgehead atoms. The first-order valence-corrected chi connectivity index (χ1v) is 6.17. The van der Waals surface area contributed by atoms with Gasteiger partial charge in [0.2, 0.25) is 0 Å². The van der Waals surface area contributed by atoms with Gasteiger partial charge in [-0.3, -0.25) is 0 Å². The van der Waals surface area contributed by atoms with E-state index in [-0.39, 0.29) is 0 Å². The standard InChI is InChI=1S/C14H18N2O2/c1-17-13-8-11(9-15)14(18-2)7-10(13)6-12-4-3-5-16-12/h7-8,12,16H,3-6H2,1-2H3/t12-/m1/s1. The summed E-state index contributed by atoms with van der Waals surface area (Å²) in [7, 11) is 3.22. The van der Waals surface area contributed by atoms with E-state index in [1.807, 2.05) is 6.07 Å². The van der Waals surface area contributed by atoms with Crippen molar-refractivity contribution in [2.24, 2.45) is 0 Å². The molecule has 0 spiro atoms. The minimum absolute atomic E-state index is 0.497. The predicted molar refractivity (Wildman–Crippen MR) is 69.0 cm³/mol. The fourth-order valence-electron chi connectivity index (χ4n) is 2.40. The molecule has 1 aromatic rings. The average Bonchev–Trinajstić information content (AvgIpc) is 2.91. The highest BCUT2D eigenvalue weighted by atomic mass is 16.5. The average molecular weight is 246 g/mol. The molecule has 1 N–H and O–H groups in total. The van der Waals surface area contributed by atoms with E-state index in [1.54, 1.807) is 20.3 Å². The lowest BCUT2D eigenvalue weighted by molar-refractivity contribution is 0.395. The topological polar surface area (TPSA) is 54.3 Å². The molecule has 0 saturated carbocycles. The second-order valence-corrected chi connectivity index (χ2v) is 4.47. The summed E-state index contributed by atoms with van der Waals surface area (Å²) in [6, 6.07) is 6.29. The lowest BCUT2D eigenvalue weighted by Gasteiger charge is -2.15. The number of nitrogens with zero attached hydrogens (tertiary/aromatic N) is 1. The molecule has 0 radical (unpaired) electrons. The van der Waals surface area contributed by atoms with Crippen LogP contribution < -0.4 is 14.8 Å². The van der Waals surface area contributed by atoms with E-state index in [4.69, 9.17) is 14.7 Å². The van der Waals surface area contributed by atoms with E-state index in [2.05, 4.69) is 11.4 Å². The first-order valence-electron chi connectivity index (χ1n) is 6.17. The molecule has 18 heavy (non-hydrogen) atoms. The van der Waals surface area contributed by atoms with E-state index in [0.29, 0.717) is 17.4 Å². The monoisotopic (exact) mass is 246 g/mol. The Bertz CT molecular complexity index is 460. The van der Waals surface area contributed by atoms with Crippen molar-refractivity contribution >= 4 is 0 Å². The van der Waals surface area contributed by atoms with Crippen molar-refractivity contribution in [2.45, 2.75) is 25.3 Å². The number of nitrogens with one attached hydrogen (secondary N) is 1. The van der Waals surface area contributed by atoms with Gasteiger partial charge in [0.05, 0.1) is 19.8 Å². The van der Waals surface area contributed by atoms with Crippen LogP contribution in [0.3, 0.4) is 0 Å². The van der Waals surface area contributed by atoms with Gasteiger partial charge in [-0.1, -0.05) is 0 Å². The van der Waals surface area contributed by atoms with Crippen LogP contribution in [0.2, 0.25) is 0 Å². The van der Waals surface area contributed by atoms with Gasteiger partial charge in [0, 0.05) is 12.1 Å². The summed E-state index contributed by atoms with van der Waals surface area (Å²) in [6.07, 6.45) is 3.32. The molecule has 96 valence electrons. The van der Waals surface area contributed by atoms with Crippen LogP contribution in [0, 0.1) is 11.3 Å². The van der Waals surface area contributed by atoms with E-state index in [1.165, 1.54) is 12.8 Å². The Kier molecular flexibility index (Phi) is 4.06. The maximum absolute atomic E-state index is 9.05. The van der Waals surface area contributed by atoms with Crippen molar-refractivity contribution in [1.82, 2.24) is 5.32 Å². The maximum atomic E-state index is 9.05. The van der Waals surface area contributed by atoms with Crippen LogP contribution in [0.4, 0.5) is 0 Å². The van der Waals surface area contributed by atoms with Crippen LogP contribution in [0.15, 0.2) is 12.1 Å². The molecule has 1 atom stereocenters. The predicted octanol–water partition coefficient (Wildman–Crippen LogP) is 1.87. The summed E-state index contributed by atoms with van der Waals surface area (Å²) in [5.41, 5.74) is 1.60. The highest BCUT2D eigenvalue weighted by Crippen LogP contribution is 2.30. The second-order valence-electron chi connectivity index (χ2n) is 4.47. The molecule has 1 aromatic carbocycles. The smallest absolute Gasteiger partial charge is 0.137 e. The molecule has 0 amide bonds. The first kappa shape index (κ1) is 12.7. The minimum atomic E-state index is 0.497. The zero-order chi connectivity index (χ0) is 13.0. The number of methoxy groups -OCH3 is 2. The van der Waals surface area contributed by atoms with Gasteiger partial charge < -0.3 is 14.8 Å². The van der Waals surface area contributed by atoms with Crippen LogP contribution in [-0.4, -0.2) is 26.8 Å². The third-order valence-corrected chi connectivity index (χ3v) is 3.35. The summed E-state index contributed by atoms with van der Waals surface area (Å²) < 4.78 is 10.6. The quantitative estimate of drug-likeness (QED) is 0.881. The highest BCUT2D eigenvalue weighted by Gasteiger charge is 2.18. The van der Waals surface area contributed by atoms with E-state index in [9.17, 15) is 0 Å². The SMILES string of the molecule is COc1cc(C[C@H]2CCCN2)c(OC)cc1C#N. The molecule has 0 aliphatic carbocycles.